The highest BCUT2D eigenvalue weighted by molar-refractivity contribution is 5.94. The van der Waals surface area contributed by atoms with E-state index in [4.69, 9.17) is 14.2 Å². The smallest absolute Gasteiger partial charge is 0.251 e. The third-order valence-electron chi connectivity index (χ3n) is 3.47. The second kappa shape index (κ2) is 8.93. The van der Waals surface area contributed by atoms with Gasteiger partial charge < -0.3 is 19.5 Å². The summed E-state index contributed by atoms with van der Waals surface area (Å²) in [5.41, 5.74) is 1.37. The lowest BCUT2D eigenvalue weighted by Crippen LogP contribution is -2.35. The summed E-state index contributed by atoms with van der Waals surface area (Å²) in [6.07, 6.45) is 0. The fourth-order valence-corrected chi connectivity index (χ4v) is 2.31. The Morgan fingerprint density at radius 2 is 1.88 bits per heavy atom. The van der Waals surface area contributed by atoms with Crippen LogP contribution in [0.15, 0.2) is 48.5 Å². The molecule has 5 heteroatoms. The fourth-order valence-electron chi connectivity index (χ4n) is 2.31. The Kier molecular flexibility index (Phi) is 6.63. The van der Waals surface area contributed by atoms with Crippen LogP contribution in [-0.2, 0) is 11.3 Å². The molecule has 0 radical (unpaired) electrons. The van der Waals surface area contributed by atoms with Crippen molar-refractivity contribution in [1.29, 1.82) is 0 Å². The molecular weight excluding hydrogens is 306 g/mol. The van der Waals surface area contributed by atoms with Crippen LogP contribution in [0.4, 0.5) is 0 Å². The standard InChI is InChI=1S/C19H23NO4/c1-14(12-22-2)20-19(21)15-9-10-18(23-3)16(11-15)13-24-17-7-5-4-6-8-17/h4-11,14H,12-13H2,1-3H3,(H,20,21). The van der Waals surface area contributed by atoms with Crippen molar-refractivity contribution in [3.63, 3.8) is 0 Å². The van der Waals surface area contributed by atoms with E-state index in [9.17, 15) is 4.79 Å². The van der Waals surface area contributed by atoms with E-state index in [1.165, 1.54) is 0 Å². The summed E-state index contributed by atoms with van der Waals surface area (Å²) in [6, 6.07) is 14.8. The quantitative estimate of drug-likeness (QED) is 0.809. The maximum atomic E-state index is 12.3. The Bertz CT molecular complexity index is 658. The number of methoxy groups -OCH3 is 2. The van der Waals surface area contributed by atoms with Gasteiger partial charge in [-0.25, -0.2) is 0 Å². The predicted octanol–water partition coefficient (Wildman–Crippen LogP) is 3.04. The van der Waals surface area contributed by atoms with Gasteiger partial charge in [0.2, 0.25) is 0 Å². The van der Waals surface area contributed by atoms with Crippen molar-refractivity contribution in [2.45, 2.75) is 19.6 Å². The molecule has 1 amide bonds. The highest BCUT2D eigenvalue weighted by Crippen LogP contribution is 2.22. The van der Waals surface area contributed by atoms with Crippen LogP contribution in [0.1, 0.15) is 22.8 Å². The summed E-state index contributed by atoms with van der Waals surface area (Å²) < 4.78 is 16.1. The second-order valence-corrected chi connectivity index (χ2v) is 5.46. The zero-order chi connectivity index (χ0) is 17.4. The molecule has 0 aliphatic heterocycles. The third kappa shape index (κ3) is 4.99. The van der Waals surface area contributed by atoms with E-state index in [1.54, 1.807) is 32.4 Å². The van der Waals surface area contributed by atoms with Crippen LogP contribution in [0, 0.1) is 0 Å². The average Bonchev–Trinajstić information content (AvgIpc) is 2.60. The van der Waals surface area contributed by atoms with Gasteiger partial charge in [-0.1, -0.05) is 18.2 Å². The van der Waals surface area contributed by atoms with Gasteiger partial charge in [0.05, 0.1) is 13.7 Å². The normalized spacial score (nSPS) is 11.6. The Morgan fingerprint density at radius 1 is 1.12 bits per heavy atom. The highest BCUT2D eigenvalue weighted by atomic mass is 16.5. The Balaban J connectivity index is 2.10. The zero-order valence-electron chi connectivity index (χ0n) is 14.2. The molecule has 0 saturated heterocycles. The van der Waals surface area contributed by atoms with E-state index in [0.29, 0.717) is 24.5 Å². The van der Waals surface area contributed by atoms with Gasteiger partial charge in [0.1, 0.15) is 18.1 Å². The Labute approximate surface area is 142 Å². The first-order chi connectivity index (χ1) is 11.6. The number of hydrogen-bond acceptors (Lipinski definition) is 4. The molecule has 128 valence electrons. The largest absolute Gasteiger partial charge is 0.496 e. The molecule has 0 aromatic heterocycles. The maximum absolute atomic E-state index is 12.3. The topological polar surface area (TPSA) is 56.8 Å². The van der Waals surface area contributed by atoms with Crippen molar-refractivity contribution < 1.29 is 19.0 Å². The van der Waals surface area contributed by atoms with E-state index >= 15 is 0 Å². The molecule has 0 fully saturated rings. The summed E-state index contributed by atoms with van der Waals surface area (Å²) in [5.74, 6) is 1.30. The van der Waals surface area contributed by atoms with Crippen molar-refractivity contribution in [1.82, 2.24) is 5.32 Å². The number of ether oxygens (including phenoxy) is 3. The van der Waals surface area contributed by atoms with E-state index in [-0.39, 0.29) is 11.9 Å². The van der Waals surface area contributed by atoms with Gasteiger partial charge >= 0.3 is 0 Å². The molecule has 0 heterocycles. The molecule has 2 aromatic carbocycles. The fraction of sp³-hybridized carbons (Fsp3) is 0.316. The van der Waals surface area contributed by atoms with Gasteiger partial charge in [-0.3, -0.25) is 4.79 Å². The molecule has 24 heavy (non-hydrogen) atoms. The van der Waals surface area contributed by atoms with Gasteiger partial charge in [0.15, 0.2) is 0 Å². The summed E-state index contributed by atoms with van der Waals surface area (Å²) >= 11 is 0. The van der Waals surface area contributed by atoms with Crippen molar-refractivity contribution in [2.24, 2.45) is 0 Å². The molecule has 1 N–H and O–H groups in total. The Morgan fingerprint density at radius 3 is 2.54 bits per heavy atom. The molecular formula is C19H23NO4. The number of hydrogen-bond donors (Lipinski definition) is 1. The summed E-state index contributed by atoms with van der Waals surface area (Å²) in [5, 5.41) is 2.89. The van der Waals surface area contributed by atoms with Gasteiger partial charge in [-0.15, -0.1) is 0 Å². The first-order valence-electron chi connectivity index (χ1n) is 7.78. The molecule has 1 atom stereocenters. The van der Waals surface area contributed by atoms with Gasteiger partial charge in [-0.05, 0) is 37.3 Å². The van der Waals surface area contributed by atoms with E-state index in [0.717, 1.165) is 11.3 Å². The van der Waals surface area contributed by atoms with E-state index in [1.807, 2.05) is 37.3 Å². The van der Waals surface area contributed by atoms with Crippen LogP contribution in [-0.4, -0.2) is 32.8 Å². The van der Waals surface area contributed by atoms with Crippen LogP contribution < -0.4 is 14.8 Å². The van der Waals surface area contributed by atoms with Gasteiger partial charge in [0, 0.05) is 24.3 Å². The maximum Gasteiger partial charge on any atom is 0.251 e. The monoisotopic (exact) mass is 329 g/mol. The molecule has 0 spiro atoms. The molecule has 2 aromatic rings. The number of para-hydroxylation sites is 1. The minimum Gasteiger partial charge on any atom is -0.496 e. The SMILES string of the molecule is COCC(C)NC(=O)c1ccc(OC)c(COc2ccccc2)c1. The van der Waals surface area contributed by atoms with E-state index in [2.05, 4.69) is 5.32 Å². The first-order valence-corrected chi connectivity index (χ1v) is 7.78. The summed E-state index contributed by atoms with van der Waals surface area (Å²) in [7, 11) is 3.21. The molecule has 0 aliphatic carbocycles. The van der Waals surface area contributed by atoms with Crippen LogP contribution in [0.2, 0.25) is 0 Å². The molecule has 2 rings (SSSR count). The van der Waals surface area contributed by atoms with Crippen LogP contribution >= 0.6 is 0 Å². The van der Waals surface area contributed by atoms with Gasteiger partial charge in [0.25, 0.3) is 5.91 Å². The lowest BCUT2D eigenvalue weighted by atomic mass is 10.1. The lowest BCUT2D eigenvalue weighted by molar-refractivity contribution is 0.0905. The molecule has 1 unspecified atom stereocenters. The summed E-state index contributed by atoms with van der Waals surface area (Å²) in [4.78, 5) is 12.3. The van der Waals surface area contributed by atoms with Gasteiger partial charge in [-0.2, -0.15) is 0 Å². The van der Waals surface area contributed by atoms with Crippen molar-refractivity contribution in [3.05, 3.63) is 59.7 Å². The summed E-state index contributed by atoms with van der Waals surface area (Å²) in [6.45, 7) is 2.68. The average molecular weight is 329 g/mol. The van der Waals surface area contributed by atoms with Crippen LogP contribution in [0.25, 0.3) is 0 Å². The molecule has 0 bridgehead atoms. The lowest BCUT2D eigenvalue weighted by Gasteiger charge is -2.15. The number of nitrogens with one attached hydrogen (secondary N) is 1. The first kappa shape index (κ1) is 17.8. The predicted molar refractivity (Wildman–Crippen MR) is 92.6 cm³/mol. The number of rotatable bonds is 8. The van der Waals surface area contributed by atoms with Crippen molar-refractivity contribution in [3.8, 4) is 11.5 Å². The molecule has 0 saturated carbocycles. The van der Waals surface area contributed by atoms with Crippen molar-refractivity contribution in [2.75, 3.05) is 20.8 Å². The number of benzene rings is 2. The minimum absolute atomic E-state index is 0.0615. The third-order valence-corrected chi connectivity index (χ3v) is 3.47. The molecule has 5 nitrogen and oxygen atoms in total. The van der Waals surface area contributed by atoms with Crippen molar-refractivity contribution >= 4 is 5.91 Å². The minimum atomic E-state index is -0.150. The van der Waals surface area contributed by atoms with Crippen LogP contribution in [0.3, 0.4) is 0 Å². The second-order valence-electron chi connectivity index (χ2n) is 5.46. The number of carbonyl (C=O) groups excluding carboxylic acids is 1. The number of carbonyl (C=O) groups is 1. The van der Waals surface area contributed by atoms with E-state index < -0.39 is 0 Å². The zero-order valence-corrected chi connectivity index (χ0v) is 14.2. The Hall–Kier alpha value is -2.53. The highest BCUT2D eigenvalue weighted by Gasteiger charge is 2.13. The van der Waals surface area contributed by atoms with Crippen LogP contribution in [0.5, 0.6) is 11.5 Å². The number of amides is 1. The molecule has 0 aliphatic rings.